The second-order valence-electron chi connectivity index (χ2n) is 8.48. The van der Waals surface area contributed by atoms with E-state index in [0.29, 0.717) is 37.2 Å². The predicted octanol–water partition coefficient (Wildman–Crippen LogP) is 4.50. The third-order valence-corrected chi connectivity index (χ3v) is 5.92. The first-order valence-corrected chi connectivity index (χ1v) is 11.2. The third-order valence-electron chi connectivity index (χ3n) is 5.92. The fourth-order valence-electron chi connectivity index (χ4n) is 4.08. The number of urea groups is 1. The number of piperidine rings is 1. The molecule has 0 bridgehead atoms. The third kappa shape index (κ3) is 6.28. The van der Waals surface area contributed by atoms with E-state index >= 15 is 0 Å². The van der Waals surface area contributed by atoms with Crippen LogP contribution in [-0.4, -0.2) is 36.5 Å². The zero-order valence-electron chi connectivity index (χ0n) is 18.7. The molecule has 0 saturated carbocycles. The van der Waals surface area contributed by atoms with Gasteiger partial charge in [0.2, 0.25) is 5.91 Å². The molecule has 172 valence electrons. The van der Waals surface area contributed by atoms with Crippen LogP contribution in [0, 0.1) is 24.5 Å². The van der Waals surface area contributed by atoms with E-state index in [2.05, 4.69) is 17.6 Å². The van der Waals surface area contributed by atoms with Crippen molar-refractivity contribution in [3.8, 4) is 0 Å². The van der Waals surface area contributed by atoms with E-state index in [1.165, 1.54) is 18.2 Å². The molecule has 1 aliphatic rings. The normalized spacial score (nSPS) is 18.3. The average Bonchev–Trinajstić information content (AvgIpc) is 2.79. The van der Waals surface area contributed by atoms with Crippen LogP contribution in [0.25, 0.3) is 0 Å². The Bertz CT molecular complexity index is 951. The van der Waals surface area contributed by atoms with E-state index in [1.807, 2.05) is 0 Å². The number of halogens is 2. The van der Waals surface area contributed by atoms with Crippen LogP contribution in [0.4, 0.5) is 13.6 Å². The molecule has 0 spiro atoms. The van der Waals surface area contributed by atoms with E-state index < -0.39 is 5.92 Å². The number of aryl methyl sites for hydroxylation is 1. The summed E-state index contributed by atoms with van der Waals surface area (Å²) in [6, 6.07) is 10.9. The highest BCUT2D eigenvalue weighted by Crippen LogP contribution is 2.31. The topological polar surface area (TPSA) is 61.4 Å². The second kappa shape index (κ2) is 11.1. The minimum atomic E-state index is -0.412. The lowest BCUT2D eigenvalue weighted by Gasteiger charge is -2.37. The molecule has 0 unspecified atom stereocenters. The molecule has 5 nitrogen and oxygen atoms in total. The quantitative estimate of drug-likeness (QED) is 0.619. The molecule has 1 heterocycles. The van der Waals surface area contributed by atoms with Crippen LogP contribution in [0.1, 0.15) is 48.8 Å². The van der Waals surface area contributed by atoms with Crippen LogP contribution >= 0.6 is 0 Å². The van der Waals surface area contributed by atoms with Crippen LogP contribution in [0.2, 0.25) is 0 Å². The molecule has 2 N–H and O–H groups in total. The molecule has 1 aliphatic heterocycles. The Kier molecular flexibility index (Phi) is 8.20. The number of benzene rings is 2. The van der Waals surface area contributed by atoms with Gasteiger partial charge in [0.05, 0.1) is 5.92 Å². The number of likely N-dealkylation sites (tertiary alicyclic amines) is 1. The average molecular weight is 444 g/mol. The zero-order chi connectivity index (χ0) is 23.1. The van der Waals surface area contributed by atoms with Gasteiger partial charge < -0.3 is 15.5 Å². The van der Waals surface area contributed by atoms with Crippen LogP contribution in [0.3, 0.4) is 0 Å². The minimum absolute atomic E-state index is 0.0788. The van der Waals surface area contributed by atoms with E-state index in [9.17, 15) is 18.4 Å². The fraction of sp³-hybridized carbons (Fsp3) is 0.440. The lowest BCUT2D eigenvalue weighted by atomic mass is 9.83. The van der Waals surface area contributed by atoms with Gasteiger partial charge in [0.1, 0.15) is 11.6 Å². The van der Waals surface area contributed by atoms with Gasteiger partial charge in [-0.3, -0.25) is 4.79 Å². The minimum Gasteiger partial charge on any atom is -0.352 e. The van der Waals surface area contributed by atoms with Crippen molar-refractivity contribution in [2.45, 2.75) is 45.6 Å². The molecule has 2 atom stereocenters. The van der Waals surface area contributed by atoms with E-state index in [1.54, 1.807) is 36.1 Å². The largest absolute Gasteiger partial charge is 0.352 e. The standard InChI is InChI=1S/C25H31F2N3O2/c1-3-4-10-28-25(32)30-15-20(19-8-9-23(27)17(2)11-19)13-21(16-30)24(31)29-14-18-6-5-7-22(26)12-18/h5-9,11-12,20-21H,3-4,10,13-16H2,1-2H3,(H,28,32)(H,29,31)/t20-,21+/m0/s1. The van der Waals surface area contributed by atoms with Gasteiger partial charge in [0.25, 0.3) is 0 Å². The van der Waals surface area contributed by atoms with E-state index in [-0.39, 0.29) is 36.0 Å². The number of amides is 3. The maximum Gasteiger partial charge on any atom is 0.317 e. The van der Waals surface area contributed by atoms with Gasteiger partial charge in [-0.25, -0.2) is 13.6 Å². The molecule has 0 aromatic heterocycles. The van der Waals surface area contributed by atoms with Crippen molar-refractivity contribution in [3.05, 3.63) is 70.8 Å². The highest BCUT2D eigenvalue weighted by molar-refractivity contribution is 5.81. The molecular weight excluding hydrogens is 412 g/mol. The van der Waals surface area contributed by atoms with Crippen molar-refractivity contribution >= 4 is 11.9 Å². The van der Waals surface area contributed by atoms with Crippen molar-refractivity contribution in [2.24, 2.45) is 5.92 Å². The Morgan fingerprint density at radius 2 is 1.91 bits per heavy atom. The van der Waals surface area contributed by atoms with Crippen LogP contribution < -0.4 is 10.6 Å². The Morgan fingerprint density at radius 3 is 2.62 bits per heavy atom. The number of rotatable bonds is 7. The van der Waals surface area contributed by atoms with Crippen molar-refractivity contribution in [3.63, 3.8) is 0 Å². The molecule has 0 aliphatic carbocycles. The summed E-state index contributed by atoms with van der Waals surface area (Å²) in [5.74, 6) is -1.29. The van der Waals surface area contributed by atoms with Gasteiger partial charge >= 0.3 is 6.03 Å². The maximum absolute atomic E-state index is 13.8. The lowest BCUT2D eigenvalue weighted by Crippen LogP contribution is -2.51. The first-order valence-electron chi connectivity index (χ1n) is 11.2. The number of hydrogen-bond donors (Lipinski definition) is 2. The molecule has 0 radical (unpaired) electrons. The first-order chi connectivity index (χ1) is 15.4. The van der Waals surface area contributed by atoms with Gasteiger partial charge in [-0.1, -0.05) is 37.6 Å². The monoisotopic (exact) mass is 443 g/mol. The number of unbranched alkanes of at least 4 members (excludes halogenated alkanes) is 1. The lowest BCUT2D eigenvalue weighted by molar-refractivity contribution is -0.126. The Balaban J connectivity index is 1.73. The Labute approximate surface area is 188 Å². The zero-order valence-corrected chi connectivity index (χ0v) is 18.7. The van der Waals surface area contributed by atoms with Gasteiger partial charge in [0.15, 0.2) is 0 Å². The summed E-state index contributed by atoms with van der Waals surface area (Å²) in [5.41, 5.74) is 2.13. The Hall–Kier alpha value is -2.96. The molecule has 7 heteroatoms. The van der Waals surface area contributed by atoms with Crippen LogP contribution in [-0.2, 0) is 11.3 Å². The molecular formula is C25H31F2N3O2. The summed E-state index contributed by atoms with van der Waals surface area (Å²) >= 11 is 0. The number of nitrogens with zero attached hydrogens (tertiary/aromatic N) is 1. The number of carbonyl (C=O) groups is 2. The molecule has 3 rings (SSSR count). The van der Waals surface area contributed by atoms with Crippen molar-refractivity contribution in [1.29, 1.82) is 0 Å². The molecule has 32 heavy (non-hydrogen) atoms. The summed E-state index contributed by atoms with van der Waals surface area (Å²) < 4.78 is 27.2. The highest BCUT2D eigenvalue weighted by atomic mass is 19.1. The Morgan fingerprint density at radius 1 is 1.09 bits per heavy atom. The van der Waals surface area contributed by atoms with Gasteiger partial charge in [0, 0.05) is 32.1 Å². The number of nitrogens with one attached hydrogen (secondary N) is 2. The van der Waals surface area contributed by atoms with E-state index in [0.717, 1.165) is 18.4 Å². The van der Waals surface area contributed by atoms with Gasteiger partial charge in [-0.15, -0.1) is 0 Å². The highest BCUT2D eigenvalue weighted by Gasteiger charge is 2.34. The summed E-state index contributed by atoms with van der Waals surface area (Å²) in [6.07, 6.45) is 2.42. The van der Waals surface area contributed by atoms with Gasteiger partial charge in [-0.05, 0) is 54.7 Å². The SMILES string of the molecule is CCCCNC(=O)N1C[C@H](C(=O)NCc2cccc(F)c2)C[C@H](c2ccc(F)c(C)c2)C1. The van der Waals surface area contributed by atoms with Crippen LogP contribution in [0.5, 0.6) is 0 Å². The number of carbonyl (C=O) groups excluding carboxylic acids is 2. The van der Waals surface area contributed by atoms with Crippen molar-refractivity contribution < 1.29 is 18.4 Å². The molecule has 3 amide bonds. The maximum atomic E-state index is 13.8. The molecule has 2 aromatic carbocycles. The van der Waals surface area contributed by atoms with E-state index in [4.69, 9.17) is 0 Å². The second-order valence-corrected chi connectivity index (χ2v) is 8.48. The van der Waals surface area contributed by atoms with Crippen molar-refractivity contribution in [1.82, 2.24) is 15.5 Å². The smallest absolute Gasteiger partial charge is 0.317 e. The fourth-order valence-corrected chi connectivity index (χ4v) is 4.08. The summed E-state index contributed by atoms with van der Waals surface area (Å²) in [6.45, 7) is 5.35. The molecule has 2 aromatic rings. The molecule has 1 fully saturated rings. The van der Waals surface area contributed by atoms with Gasteiger partial charge in [-0.2, -0.15) is 0 Å². The molecule has 1 saturated heterocycles. The van der Waals surface area contributed by atoms with Crippen LogP contribution in [0.15, 0.2) is 42.5 Å². The summed E-state index contributed by atoms with van der Waals surface area (Å²) in [7, 11) is 0. The van der Waals surface area contributed by atoms with Crippen molar-refractivity contribution in [2.75, 3.05) is 19.6 Å². The first kappa shape index (κ1) is 23.7. The summed E-state index contributed by atoms with van der Waals surface area (Å²) in [5, 5.41) is 5.80. The summed E-state index contributed by atoms with van der Waals surface area (Å²) in [4.78, 5) is 27.4. The predicted molar refractivity (Wildman–Crippen MR) is 120 cm³/mol. The number of hydrogen-bond acceptors (Lipinski definition) is 2.